The molecule has 0 atom stereocenters. The van der Waals surface area contributed by atoms with Crippen molar-refractivity contribution in [2.75, 3.05) is 13.1 Å². The van der Waals surface area contributed by atoms with Crippen LogP contribution in [-0.2, 0) is 4.79 Å². The molecular formula is C12H23N3O. The van der Waals surface area contributed by atoms with Gasteiger partial charge in [0, 0.05) is 31.5 Å². The summed E-state index contributed by atoms with van der Waals surface area (Å²) in [5.41, 5.74) is -0.160. The van der Waals surface area contributed by atoms with Crippen LogP contribution in [0.25, 0.3) is 0 Å². The first-order chi connectivity index (χ1) is 7.38. The van der Waals surface area contributed by atoms with E-state index in [0.29, 0.717) is 18.8 Å². The molecule has 0 saturated carbocycles. The highest BCUT2D eigenvalue weighted by Gasteiger charge is 2.17. The molecule has 1 heterocycles. The summed E-state index contributed by atoms with van der Waals surface area (Å²) in [6.45, 7) is 7.55. The quantitative estimate of drug-likeness (QED) is 0.769. The fraction of sp³-hybridized carbons (Fsp3) is 0.833. The summed E-state index contributed by atoms with van der Waals surface area (Å²) in [6, 6.07) is 0. The van der Waals surface area contributed by atoms with Crippen molar-refractivity contribution in [3.63, 3.8) is 0 Å². The van der Waals surface area contributed by atoms with Gasteiger partial charge in [-0.05, 0) is 33.6 Å². The molecule has 0 radical (unpaired) electrons. The minimum Gasteiger partial charge on any atom is -0.360 e. The normalized spacial score (nSPS) is 17.4. The Balaban J connectivity index is 2.28. The predicted molar refractivity (Wildman–Crippen MR) is 65.7 cm³/mol. The standard InChI is InChI=1S/C12H23N3O/c1-12(2,3)14-11(16)7-9-15-8-5-4-6-10(15)13/h13H,4-9H2,1-3H3,(H,14,16). The summed E-state index contributed by atoms with van der Waals surface area (Å²) < 4.78 is 0. The number of amidine groups is 1. The van der Waals surface area contributed by atoms with E-state index in [4.69, 9.17) is 5.41 Å². The highest BCUT2D eigenvalue weighted by molar-refractivity contribution is 5.81. The molecule has 92 valence electrons. The summed E-state index contributed by atoms with van der Waals surface area (Å²) in [5, 5.41) is 10.7. The molecule has 1 aliphatic heterocycles. The highest BCUT2D eigenvalue weighted by atomic mass is 16.1. The van der Waals surface area contributed by atoms with Crippen molar-refractivity contribution < 1.29 is 4.79 Å². The van der Waals surface area contributed by atoms with Gasteiger partial charge in [-0.2, -0.15) is 0 Å². The van der Waals surface area contributed by atoms with Crippen LogP contribution in [0.4, 0.5) is 0 Å². The van der Waals surface area contributed by atoms with E-state index < -0.39 is 0 Å². The average Bonchev–Trinajstić information content (AvgIpc) is 2.14. The van der Waals surface area contributed by atoms with Crippen molar-refractivity contribution in [2.45, 2.75) is 52.0 Å². The lowest BCUT2D eigenvalue weighted by atomic mass is 10.1. The van der Waals surface area contributed by atoms with E-state index in [-0.39, 0.29) is 11.4 Å². The van der Waals surface area contributed by atoms with Crippen molar-refractivity contribution in [3.05, 3.63) is 0 Å². The molecule has 4 heteroatoms. The Morgan fingerprint density at radius 2 is 2.12 bits per heavy atom. The molecule has 0 bridgehead atoms. The predicted octanol–water partition coefficient (Wildman–Crippen LogP) is 1.75. The van der Waals surface area contributed by atoms with Gasteiger partial charge in [-0.15, -0.1) is 0 Å². The second-order valence-electron chi connectivity index (χ2n) is 5.44. The maximum atomic E-state index is 11.6. The largest absolute Gasteiger partial charge is 0.360 e. The molecule has 0 aromatic heterocycles. The number of rotatable bonds is 3. The van der Waals surface area contributed by atoms with Gasteiger partial charge < -0.3 is 10.2 Å². The zero-order chi connectivity index (χ0) is 12.2. The maximum absolute atomic E-state index is 11.6. The molecule has 1 amide bonds. The molecule has 0 aliphatic carbocycles. The molecule has 1 fully saturated rings. The first kappa shape index (κ1) is 13.0. The molecule has 2 N–H and O–H groups in total. The minimum atomic E-state index is -0.160. The van der Waals surface area contributed by atoms with Gasteiger partial charge in [-0.25, -0.2) is 0 Å². The van der Waals surface area contributed by atoms with Gasteiger partial charge in [-0.1, -0.05) is 0 Å². The Kier molecular flexibility index (Phi) is 4.33. The topological polar surface area (TPSA) is 56.2 Å². The number of carbonyl (C=O) groups excluding carboxylic acids is 1. The summed E-state index contributed by atoms with van der Waals surface area (Å²) in [6.07, 6.45) is 3.60. The molecule has 1 aliphatic rings. The van der Waals surface area contributed by atoms with Crippen LogP contribution < -0.4 is 5.32 Å². The van der Waals surface area contributed by atoms with Gasteiger partial charge in [-0.3, -0.25) is 10.2 Å². The van der Waals surface area contributed by atoms with E-state index >= 15 is 0 Å². The van der Waals surface area contributed by atoms with Gasteiger partial charge >= 0.3 is 0 Å². The molecule has 16 heavy (non-hydrogen) atoms. The van der Waals surface area contributed by atoms with Crippen LogP contribution in [0.5, 0.6) is 0 Å². The lowest BCUT2D eigenvalue weighted by Gasteiger charge is -2.29. The van der Waals surface area contributed by atoms with E-state index in [1.54, 1.807) is 0 Å². The number of carbonyl (C=O) groups is 1. The summed E-state index contributed by atoms with van der Waals surface area (Å²) in [4.78, 5) is 13.6. The summed E-state index contributed by atoms with van der Waals surface area (Å²) in [5.74, 6) is 0.765. The van der Waals surface area contributed by atoms with Crippen molar-refractivity contribution >= 4 is 11.7 Å². The van der Waals surface area contributed by atoms with Crippen molar-refractivity contribution in [1.29, 1.82) is 5.41 Å². The van der Waals surface area contributed by atoms with Gasteiger partial charge in [0.2, 0.25) is 5.91 Å². The van der Waals surface area contributed by atoms with Crippen LogP contribution in [0, 0.1) is 5.41 Å². The van der Waals surface area contributed by atoms with E-state index in [1.807, 2.05) is 25.7 Å². The second-order valence-corrected chi connectivity index (χ2v) is 5.44. The first-order valence-electron chi connectivity index (χ1n) is 6.02. The minimum absolute atomic E-state index is 0.0749. The number of hydrogen-bond acceptors (Lipinski definition) is 2. The van der Waals surface area contributed by atoms with Gasteiger partial charge in [0.05, 0.1) is 5.84 Å². The maximum Gasteiger partial charge on any atom is 0.222 e. The molecule has 4 nitrogen and oxygen atoms in total. The summed E-state index contributed by atoms with van der Waals surface area (Å²) >= 11 is 0. The second kappa shape index (κ2) is 5.32. The van der Waals surface area contributed by atoms with Crippen LogP contribution in [0.15, 0.2) is 0 Å². The Hall–Kier alpha value is -1.06. The Morgan fingerprint density at radius 1 is 1.44 bits per heavy atom. The van der Waals surface area contributed by atoms with Crippen LogP contribution in [0.3, 0.4) is 0 Å². The van der Waals surface area contributed by atoms with Gasteiger partial charge in [0.1, 0.15) is 0 Å². The number of hydrogen-bond donors (Lipinski definition) is 2. The zero-order valence-corrected chi connectivity index (χ0v) is 10.6. The fourth-order valence-electron chi connectivity index (χ4n) is 1.85. The van der Waals surface area contributed by atoms with E-state index in [0.717, 1.165) is 25.8 Å². The van der Waals surface area contributed by atoms with Crippen LogP contribution >= 0.6 is 0 Å². The van der Waals surface area contributed by atoms with Crippen molar-refractivity contribution in [1.82, 2.24) is 10.2 Å². The smallest absolute Gasteiger partial charge is 0.222 e. The number of nitrogens with one attached hydrogen (secondary N) is 2. The number of likely N-dealkylation sites (tertiary alicyclic amines) is 1. The highest BCUT2D eigenvalue weighted by Crippen LogP contribution is 2.11. The Bertz CT molecular complexity index is 268. The monoisotopic (exact) mass is 225 g/mol. The van der Waals surface area contributed by atoms with Gasteiger partial charge in [0.25, 0.3) is 0 Å². The average molecular weight is 225 g/mol. The Labute approximate surface area is 97.9 Å². The van der Waals surface area contributed by atoms with E-state index in [2.05, 4.69) is 5.32 Å². The van der Waals surface area contributed by atoms with Crippen LogP contribution in [0.1, 0.15) is 46.5 Å². The Morgan fingerprint density at radius 3 is 2.69 bits per heavy atom. The van der Waals surface area contributed by atoms with Crippen molar-refractivity contribution in [3.8, 4) is 0 Å². The molecule has 0 unspecified atom stereocenters. The van der Waals surface area contributed by atoms with Crippen molar-refractivity contribution in [2.24, 2.45) is 0 Å². The van der Waals surface area contributed by atoms with Gasteiger partial charge in [0.15, 0.2) is 0 Å². The molecule has 0 aromatic carbocycles. The zero-order valence-electron chi connectivity index (χ0n) is 10.6. The molecule has 1 rings (SSSR count). The number of piperidine rings is 1. The lowest BCUT2D eigenvalue weighted by Crippen LogP contribution is -2.43. The first-order valence-corrected chi connectivity index (χ1v) is 6.02. The van der Waals surface area contributed by atoms with Crippen LogP contribution in [-0.4, -0.2) is 35.3 Å². The fourth-order valence-corrected chi connectivity index (χ4v) is 1.85. The lowest BCUT2D eigenvalue weighted by molar-refractivity contribution is -0.122. The van der Waals surface area contributed by atoms with Crippen LogP contribution in [0.2, 0.25) is 0 Å². The molecule has 0 aromatic rings. The third kappa shape index (κ3) is 4.64. The van der Waals surface area contributed by atoms with E-state index in [1.165, 1.54) is 0 Å². The molecule has 1 saturated heterocycles. The van der Waals surface area contributed by atoms with E-state index in [9.17, 15) is 4.79 Å². The molecule has 0 spiro atoms. The summed E-state index contributed by atoms with van der Waals surface area (Å²) in [7, 11) is 0. The number of nitrogens with zero attached hydrogens (tertiary/aromatic N) is 1. The number of amides is 1. The third-order valence-electron chi connectivity index (χ3n) is 2.60. The molecular weight excluding hydrogens is 202 g/mol. The SMILES string of the molecule is CC(C)(C)NC(=O)CCN1CCCCC1=N. The third-order valence-corrected chi connectivity index (χ3v) is 2.60.